The van der Waals surface area contributed by atoms with E-state index >= 15 is 0 Å². The molecule has 1 aliphatic heterocycles. The van der Waals surface area contributed by atoms with Gasteiger partial charge in [0.1, 0.15) is 18.9 Å². The Hall–Kier alpha value is -3.00. The lowest BCUT2D eigenvalue weighted by Gasteiger charge is -2.28. The molecule has 0 amide bonds. The number of carbonyl (C=O) groups is 1. The third-order valence-electron chi connectivity index (χ3n) is 5.64. The molecule has 1 saturated heterocycles. The number of aromatic nitrogens is 4. The van der Waals surface area contributed by atoms with E-state index in [2.05, 4.69) is 39.4 Å². The molecule has 14 heteroatoms. The summed E-state index contributed by atoms with van der Waals surface area (Å²) in [6, 6.07) is 1.57. The first-order chi connectivity index (χ1) is 16.9. The monoisotopic (exact) mass is 529 g/mol. The zero-order valence-electron chi connectivity index (χ0n) is 20.7. The van der Waals surface area contributed by atoms with Gasteiger partial charge in [0.2, 0.25) is 0 Å². The average molecular weight is 530 g/mol. The van der Waals surface area contributed by atoms with Gasteiger partial charge in [-0.3, -0.25) is 4.79 Å². The van der Waals surface area contributed by atoms with Crippen LogP contribution < -0.4 is 15.2 Å². The summed E-state index contributed by atoms with van der Waals surface area (Å²) in [6.45, 7) is 6.67. The summed E-state index contributed by atoms with van der Waals surface area (Å²) in [6.07, 6.45) is -1.40. The van der Waals surface area contributed by atoms with Crippen LogP contribution in [0.3, 0.4) is 0 Å². The molecule has 10 nitrogen and oxygen atoms in total. The lowest BCUT2D eigenvalue weighted by molar-refractivity contribution is -0.138. The van der Waals surface area contributed by atoms with E-state index in [1.807, 2.05) is 0 Å². The molecule has 0 unspecified atom stereocenters. The molecule has 0 saturated carbocycles. The highest BCUT2D eigenvalue weighted by molar-refractivity contribution is 6.76. The second-order valence-electron chi connectivity index (χ2n) is 9.57. The molecule has 0 radical (unpaired) electrons. The van der Waals surface area contributed by atoms with E-state index in [1.165, 1.54) is 24.3 Å². The fraction of sp³-hybridized carbons (Fsp3) is 0.591. The number of ether oxygens (including phenoxy) is 3. The molecular formula is C22H30F3N5O5Si. The highest BCUT2D eigenvalue weighted by atomic mass is 28.3. The number of esters is 1. The second-order valence-corrected chi connectivity index (χ2v) is 15.2. The van der Waals surface area contributed by atoms with Crippen LogP contribution in [0.15, 0.2) is 23.3 Å². The third-order valence-corrected chi connectivity index (χ3v) is 7.34. The molecule has 0 aliphatic carbocycles. The van der Waals surface area contributed by atoms with Gasteiger partial charge >= 0.3 is 18.2 Å². The van der Waals surface area contributed by atoms with E-state index in [9.17, 15) is 22.8 Å². The third kappa shape index (κ3) is 7.03. The summed E-state index contributed by atoms with van der Waals surface area (Å²) in [5, 5.41) is 3.96. The van der Waals surface area contributed by atoms with Crippen LogP contribution in [0.1, 0.15) is 28.9 Å². The minimum atomic E-state index is -4.89. The van der Waals surface area contributed by atoms with E-state index < -0.39 is 37.4 Å². The smallest absolute Gasteiger partial charge is 0.423 e. The highest BCUT2D eigenvalue weighted by Crippen LogP contribution is 2.36. The number of carbonyl (C=O) groups excluding carboxylic acids is 1. The normalized spacial score (nSPS) is 16.3. The number of nitrogens with zero attached hydrogens (tertiary/aromatic N) is 5. The largest absolute Gasteiger partial charge is 0.464 e. The van der Waals surface area contributed by atoms with Crippen molar-refractivity contribution in [2.45, 2.75) is 57.5 Å². The van der Waals surface area contributed by atoms with Crippen molar-refractivity contribution in [2.75, 3.05) is 31.8 Å². The maximum atomic E-state index is 14.0. The second kappa shape index (κ2) is 11.4. The Morgan fingerprint density at radius 2 is 2.03 bits per heavy atom. The van der Waals surface area contributed by atoms with Crippen molar-refractivity contribution in [1.29, 1.82) is 0 Å². The lowest BCUT2D eigenvalue weighted by Crippen LogP contribution is -2.40. The Labute approximate surface area is 207 Å². The highest BCUT2D eigenvalue weighted by Gasteiger charge is 2.41. The summed E-state index contributed by atoms with van der Waals surface area (Å²) in [4.78, 5) is 33.8. The fourth-order valence-corrected chi connectivity index (χ4v) is 4.47. The Balaban J connectivity index is 1.78. The summed E-state index contributed by atoms with van der Waals surface area (Å²) in [5.41, 5.74) is -2.86. The van der Waals surface area contributed by atoms with Crippen LogP contribution in [0.5, 0.6) is 6.01 Å². The first-order valence-electron chi connectivity index (χ1n) is 11.5. The van der Waals surface area contributed by atoms with Gasteiger partial charge in [0.05, 0.1) is 25.0 Å². The predicted molar refractivity (Wildman–Crippen MR) is 127 cm³/mol. The van der Waals surface area contributed by atoms with Gasteiger partial charge in [-0.2, -0.15) is 23.3 Å². The Kier molecular flexibility index (Phi) is 8.71. The van der Waals surface area contributed by atoms with Crippen molar-refractivity contribution in [1.82, 2.24) is 19.7 Å². The van der Waals surface area contributed by atoms with Crippen molar-refractivity contribution in [3.05, 3.63) is 40.1 Å². The molecule has 198 valence electrons. The van der Waals surface area contributed by atoms with Crippen LogP contribution in [0.2, 0.25) is 25.7 Å². The van der Waals surface area contributed by atoms with E-state index in [4.69, 9.17) is 9.47 Å². The number of anilines is 1. The van der Waals surface area contributed by atoms with E-state index in [1.54, 1.807) is 0 Å². The summed E-state index contributed by atoms with van der Waals surface area (Å²) in [7, 11) is -0.181. The number of halogens is 3. The van der Waals surface area contributed by atoms with Crippen LogP contribution in [0, 0.1) is 0 Å². The molecular weight excluding hydrogens is 499 g/mol. The molecule has 0 aromatic carbocycles. The predicted octanol–water partition coefficient (Wildman–Crippen LogP) is 3.20. The van der Waals surface area contributed by atoms with Crippen molar-refractivity contribution in [3.63, 3.8) is 0 Å². The van der Waals surface area contributed by atoms with Gasteiger partial charge in [-0.1, -0.05) is 19.6 Å². The summed E-state index contributed by atoms with van der Waals surface area (Å²) in [5.74, 6) is -0.671. The van der Waals surface area contributed by atoms with Crippen LogP contribution >= 0.6 is 0 Å². The fourth-order valence-electron chi connectivity index (χ4n) is 3.71. The lowest BCUT2D eigenvalue weighted by atomic mass is 10.2. The van der Waals surface area contributed by atoms with E-state index in [-0.39, 0.29) is 37.3 Å². The van der Waals surface area contributed by atoms with Crippen LogP contribution in [-0.2, 0) is 22.4 Å². The number of methoxy groups -OCH3 is 1. The van der Waals surface area contributed by atoms with Crippen LogP contribution in [0.4, 0.5) is 18.9 Å². The van der Waals surface area contributed by atoms with Crippen molar-refractivity contribution >= 4 is 19.7 Å². The van der Waals surface area contributed by atoms with Gasteiger partial charge in [0, 0.05) is 27.4 Å². The summed E-state index contributed by atoms with van der Waals surface area (Å²) >= 11 is 0. The minimum Gasteiger partial charge on any atom is -0.464 e. The van der Waals surface area contributed by atoms with Crippen molar-refractivity contribution in [3.8, 4) is 6.01 Å². The molecule has 2 aromatic rings. The molecule has 3 heterocycles. The molecule has 1 aliphatic rings. The molecule has 0 bridgehead atoms. The molecule has 3 rings (SSSR count). The Morgan fingerprint density at radius 1 is 1.28 bits per heavy atom. The van der Waals surface area contributed by atoms with Crippen molar-refractivity contribution in [2.24, 2.45) is 0 Å². The molecule has 36 heavy (non-hydrogen) atoms. The van der Waals surface area contributed by atoms with Gasteiger partial charge in [0.15, 0.2) is 5.69 Å². The topological polar surface area (TPSA) is 109 Å². The average Bonchev–Trinajstić information content (AvgIpc) is 3.27. The van der Waals surface area contributed by atoms with E-state index in [0.717, 1.165) is 12.2 Å². The zero-order valence-corrected chi connectivity index (χ0v) is 21.7. The number of rotatable bonds is 10. The van der Waals surface area contributed by atoms with Crippen LogP contribution in [-0.4, -0.2) is 66.7 Å². The van der Waals surface area contributed by atoms with Gasteiger partial charge in [-0.15, -0.1) is 0 Å². The van der Waals surface area contributed by atoms with E-state index in [0.29, 0.717) is 24.1 Å². The Morgan fingerprint density at radius 3 is 2.69 bits per heavy atom. The van der Waals surface area contributed by atoms with Gasteiger partial charge < -0.3 is 19.1 Å². The standard InChI is InChI=1S/C22H30F3N5O5Si/c1-33-20(32)16-7-8-26-21(28-16)35-13-15-6-5-9-29(15)17-12-27-30(14-34-10-11-36(2,3)4)19(31)18(17)22(23,24)25/h7-8,12,15H,5-6,9-11,13-14H2,1-4H3/t15-/m0/s1. The SMILES string of the molecule is COC(=O)c1ccnc(OC[C@@H]2CCCN2c2cnn(COCC[Si](C)(C)C)c(=O)c2C(F)(F)F)n1. The maximum Gasteiger partial charge on any atom is 0.423 e. The number of hydrogen-bond acceptors (Lipinski definition) is 9. The number of hydrogen-bond donors (Lipinski definition) is 0. The van der Waals surface area contributed by atoms with Crippen LogP contribution in [0.25, 0.3) is 0 Å². The minimum absolute atomic E-state index is 0.00925. The van der Waals surface area contributed by atoms with Gasteiger partial charge in [0.25, 0.3) is 5.56 Å². The molecule has 0 spiro atoms. The molecule has 1 atom stereocenters. The molecule has 2 aromatic heterocycles. The van der Waals surface area contributed by atoms with Crippen molar-refractivity contribution < 1.29 is 32.2 Å². The summed E-state index contributed by atoms with van der Waals surface area (Å²) < 4.78 is 58.4. The first kappa shape index (κ1) is 27.6. The van der Waals surface area contributed by atoms with Gasteiger partial charge in [-0.05, 0) is 25.0 Å². The van der Waals surface area contributed by atoms with Gasteiger partial charge in [-0.25, -0.2) is 14.5 Å². The zero-order chi connectivity index (χ0) is 26.5. The maximum absolute atomic E-state index is 14.0. The molecule has 0 N–H and O–H groups in total. The first-order valence-corrected chi connectivity index (χ1v) is 15.2. The Bertz CT molecular complexity index is 1120. The molecule has 1 fully saturated rings. The quantitative estimate of drug-likeness (QED) is 0.260. The number of alkyl halides is 3.